The van der Waals surface area contributed by atoms with Crippen molar-refractivity contribution < 1.29 is 9.47 Å². The van der Waals surface area contributed by atoms with Gasteiger partial charge in [0.05, 0.1) is 13.2 Å². The van der Waals surface area contributed by atoms with Crippen LogP contribution in [0, 0.1) is 6.92 Å². The first-order valence-electron chi connectivity index (χ1n) is 7.01. The molecule has 0 amide bonds. The van der Waals surface area contributed by atoms with Crippen molar-refractivity contribution in [2.75, 3.05) is 19.0 Å². The molecule has 0 unspecified atom stereocenters. The second-order valence-electron chi connectivity index (χ2n) is 4.66. The molecule has 0 saturated heterocycles. The molecule has 112 valence electrons. The average Bonchev–Trinajstić information content (AvgIpc) is 2.46. The summed E-state index contributed by atoms with van der Waals surface area (Å²) in [6.07, 6.45) is 0. The summed E-state index contributed by atoms with van der Waals surface area (Å²) < 4.78 is 10.6. The van der Waals surface area contributed by atoms with E-state index in [1.54, 1.807) is 7.11 Å². The Morgan fingerprint density at radius 2 is 1.90 bits per heavy atom. The molecular weight excluding hydrogens is 266 g/mol. The normalized spacial score (nSPS) is 10.4. The Morgan fingerprint density at radius 1 is 1.14 bits per heavy atom. The summed E-state index contributed by atoms with van der Waals surface area (Å²) in [5, 5.41) is 3.24. The van der Waals surface area contributed by atoms with Gasteiger partial charge in [-0.15, -0.1) is 0 Å². The molecule has 0 bridgehead atoms. The minimum Gasteiger partial charge on any atom is -0.478 e. The van der Waals surface area contributed by atoms with E-state index >= 15 is 0 Å². The van der Waals surface area contributed by atoms with E-state index in [0.29, 0.717) is 31.6 Å². The lowest BCUT2D eigenvalue weighted by Gasteiger charge is -2.11. The van der Waals surface area contributed by atoms with Gasteiger partial charge in [0.2, 0.25) is 11.8 Å². The maximum Gasteiger partial charge on any atom is 0.226 e. The van der Waals surface area contributed by atoms with Crippen molar-refractivity contribution in [3.05, 3.63) is 47.2 Å². The van der Waals surface area contributed by atoms with Gasteiger partial charge in [-0.05, 0) is 25.0 Å². The smallest absolute Gasteiger partial charge is 0.226 e. The van der Waals surface area contributed by atoms with Crippen LogP contribution < -0.4 is 10.1 Å². The van der Waals surface area contributed by atoms with Crippen LogP contribution >= 0.6 is 0 Å². The van der Waals surface area contributed by atoms with E-state index in [1.165, 1.54) is 5.56 Å². The van der Waals surface area contributed by atoms with Crippen molar-refractivity contribution in [3.8, 4) is 5.88 Å². The first-order chi connectivity index (χ1) is 10.2. The number of aromatic nitrogens is 2. The van der Waals surface area contributed by atoms with Crippen LogP contribution in [0.3, 0.4) is 0 Å². The van der Waals surface area contributed by atoms with E-state index < -0.39 is 0 Å². The highest BCUT2D eigenvalue weighted by atomic mass is 16.5. The zero-order valence-corrected chi connectivity index (χ0v) is 12.7. The van der Waals surface area contributed by atoms with Crippen LogP contribution in [0.25, 0.3) is 0 Å². The SMILES string of the molecule is CCOc1cc(C)nc(NCc2ccccc2COC)n1. The zero-order valence-electron chi connectivity index (χ0n) is 12.7. The van der Waals surface area contributed by atoms with Gasteiger partial charge in [0.1, 0.15) is 0 Å². The Labute approximate surface area is 125 Å². The maximum absolute atomic E-state index is 5.43. The molecule has 5 heteroatoms. The summed E-state index contributed by atoms with van der Waals surface area (Å²) in [7, 11) is 1.70. The molecule has 2 aromatic rings. The third-order valence-corrected chi connectivity index (χ3v) is 2.98. The van der Waals surface area contributed by atoms with Gasteiger partial charge in [0.15, 0.2) is 0 Å². The van der Waals surface area contributed by atoms with Crippen LogP contribution in [0.15, 0.2) is 30.3 Å². The Morgan fingerprint density at radius 3 is 2.62 bits per heavy atom. The summed E-state index contributed by atoms with van der Waals surface area (Å²) in [6.45, 7) is 5.69. The van der Waals surface area contributed by atoms with Crippen LogP contribution in [0.2, 0.25) is 0 Å². The van der Waals surface area contributed by atoms with Gasteiger partial charge in [-0.3, -0.25) is 0 Å². The van der Waals surface area contributed by atoms with Gasteiger partial charge in [-0.25, -0.2) is 4.98 Å². The number of hydrogen-bond acceptors (Lipinski definition) is 5. The molecule has 0 radical (unpaired) electrons. The summed E-state index contributed by atoms with van der Waals surface area (Å²) in [4.78, 5) is 8.71. The average molecular weight is 287 g/mol. The number of aryl methyl sites for hydroxylation is 1. The molecule has 1 heterocycles. The van der Waals surface area contributed by atoms with Gasteiger partial charge in [-0.2, -0.15) is 4.98 Å². The van der Waals surface area contributed by atoms with Crippen molar-refractivity contribution in [3.63, 3.8) is 0 Å². The number of benzene rings is 1. The minimum atomic E-state index is 0.575. The lowest BCUT2D eigenvalue weighted by molar-refractivity contribution is 0.184. The van der Waals surface area contributed by atoms with Crippen LogP contribution in [-0.2, 0) is 17.9 Å². The standard InChI is InChI=1S/C16H21N3O2/c1-4-21-15-9-12(2)18-16(19-15)17-10-13-7-5-6-8-14(13)11-20-3/h5-9H,4,10-11H2,1-3H3,(H,17,18,19). The van der Waals surface area contributed by atoms with E-state index in [9.17, 15) is 0 Å². The number of nitrogens with one attached hydrogen (secondary N) is 1. The lowest BCUT2D eigenvalue weighted by Crippen LogP contribution is -2.08. The van der Waals surface area contributed by atoms with Gasteiger partial charge in [0, 0.05) is 25.4 Å². The fraction of sp³-hybridized carbons (Fsp3) is 0.375. The summed E-state index contributed by atoms with van der Waals surface area (Å²) >= 11 is 0. The van der Waals surface area contributed by atoms with E-state index in [0.717, 1.165) is 11.3 Å². The van der Waals surface area contributed by atoms with E-state index in [2.05, 4.69) is 27.4 Å². The monoisotopic (exact) mass is 287 g/mol. The topological polar surface area (TPSA) is 56.3 Å². The summed E-state index contributed by atoms with van der Waals surface area (Å²) in [5.41, 5.74) is 3.20. The number of methoxy groups -OCH3 is 1. The first-order valence-corrected chi connectivity index (χ1v) is 7.01. The van der Waals surface area contributed by atoms with E-state index in [4.69, 9.17) is 9.47 Å². The molecule has 2 rings (SSSR count). The Kier molecular flexibility index (Phi) is 5.51. The fourth-order valence-electron chi connectivity index (χ4n) is 2.04. The van der Waals surface area contributed by atoms with Gasteiger partial charge >= 0.3 is 0 Å². The number of hydrogen-bond donors (Lipinski definition) is 1. The highest BCUT2D eigenvalue weighted by molar-refractivity contribution is 5.34. The van der Waals surface area contributed by atoms with E-state index in [-0.39, 0.29) is 0 Å². The number of rotatable bonds is 7. The molecule has 0 aliphatic rings. The predicted molar refractivity (Wildman–Crippen MR) is 82.4 cm³/mol. The van der Waals surface area contributed by atoms with Gasteiger partial charge < -0.3 is 14.8 Å². The lowest BCUT2D eigenvalue weighted by atomic mass is 10.1. The van der Waals surface area contributed by atoms with Gasteiger partial charge in [-0.1, -0.05) is 24.3 Å². The van der Waals surface area contributed by atoms with Crippen molar-refractivity contribution >= 4 is 5.95 Å². The molecule has 0 atom stereocenters. The highest BCUT2D eigenvalue weighted by Gasteiger charge is 2.05. The molecule has 1 aromatic carbocycles. The third-order valence-electron chi connectivity index (χ3n) is 2.98. The molecule has 0 aliphatic heterocycles. The van der Waals surface area contributed by atoms with Crippen molar-refractivity contribution in [2.24, 2.45) is 0 Å². The predicted octanol–water partition coefficient (Wildman–Crippen LogP) is 2.94. The largest absolute Gasteiger partial charge is 0.478 e. The highest BCUT2D eigenvalue weighted by Crippen LogP contribution is 2.15. The summed E-state index contributed by atoms with van der Waals surface area (Å²) in [5.74, 6) is 1.17. The summed E-state index contributed by atoms with van der Waals surface area (Å²) in [6, 6.07) is 9.98. The van der Waals surface area contributed by atoms with Crippen molar-refractivity contribution in [1.82, 2.24) is 9.97 Å². The quantitative estimate of drug-likeness (QED) is 0.848. The number of ether oxygens (including phenoxy) is 2. The third kappa shape index (κ3) is 4.43. The zero-order chi connectivity index (χ0) is 15.1. The second-order valence-corrected chi connectivity index (χ2v) is 4.66. The molecule has 1 aromatic heterocycles. The van der Waals surface area contributed by atoms with Crippen LogP contribution in [0.4, 0.5) is 5.95 Å². The fourth-order valence-corrected chi connectivity index (χ4v) is 2.04. The molecule has 0 saturated carbocycles. The van der Waals surface area contributed by atoms with Crippen LogP contribution in [0.1, 0.15) is 23.7 Å². The minimum absolute atomic E-state index is 0.575. The molecule has 21 heavy (non-hydrogen) atoms. The van der Waals surface area contributed by atoms with E-state index in [1.807, 2.05) is 32.0 Å². The first kappa shape index (κ1) is 15.3. The molecule has 0 fully saturated rings. The maximum atomic E-state index is 5.43. The molecular formula is C16H21N3O2. The Bertz CT molecular complexity index is 587. The van der Waals surface area contributed by atoms with Gasteiger partial charge in [0.25, 0.3) is 0 Å². The van der Waals surface area contributed by atoms with Crippen molar-refractivity contribution in [1.29, 1.82) is 0 Å². The molecule has 5 nitrogen and oxygen atoms in total. The van der Waals surface area contributed by atoms with Crippen LogP contribution in [-0.4, -0.2) is 23.7 Å². The Balaban J connectivity index is 2.09. The Hall–Kier alpha value is -2.14. The molecule has 1 N–H and O–H groups in total. The van der Waals surface area contributed by atoms with Crippen molar-refractivity contribution in [2.45, 2.75) is 27.0 Å². The second kappa shape index (κ2) is 7.59. The molecule has 0 aliphatic carbocycles. The molecule has 0 spiro atoms. The van der Waals surface area contributed by atoms with Crippen LogP contribution in [0.5, 0.6) is 5.88 Å². The number of anilines is 1. The number of nitrogens with zero attached hydrogens (tertiary/aromatic N) is 2.